The maximum atomic E-state index is 11.2. The van der Waals surface area contributed by atoms with Gasteiger partial charge in [0.05, 0.1) is 10.9 Å². The number of methoxy groups -OCH3 is 2. The van der Waals surface area contributed by atoms with Crippen LogP contribution in [-0.2, 0) is 19.5 Å². The van der Waals surface area contributed by atoms with Gasteiger partial charge < -0.3 is 14.8 Å². The number of hydrogen-bond acceptors (Lipinski definition) is 5. The third-order valence-electron chi connectivity index (χ3n) is 2.53. The number of halogens is 1. The molecule has 108 valence electrons. The lowest BCUT2D eigenvalue weighted by Gasteiger charge is -2.23. The summed E-state index contributed by atoms with van der Waals surface area (Å²) in [5.41, 5.74) is 0.721. The van der Waals surface area contributed by atoms with Crippen molar-refractivity contribution in [2.75, 3.05) is 19.5 Å². The Kier molecular flexibility index (Phi) is 5.75. The maximum absolute atomic E-state index is 11.2. The van der Waals surface area contributed by atoms with E-state index in [1.807, 2.05) is 6.92 Å². The number of nitrogens with two attached hydrogens (primary N) is 1. The van der Waals surface area contributed by atoms with Gasteiger partial charge in [-0.05, 0) is 41.1 Å². The van der Waals surface area contributed by atoms with E-state index >= 15 is 0 Å². The van der Waals surface area contributed by atoms with Crippen molar-refractivity contribution in [3.8, 4) is 0 Å². The monoisotopic (exact) mass is 352 g/mol. The van der Waals surface area contributed by atoms with E-state index in [-0.39, 0.29) is 10.9 Å². The van der Waals surface area contributed by atoms with Crippen molar-refractivity contribution in [1.29, 1.82) is 0 Å². The second-order valence-corrected chi connectivity index (χ2v) is 6.38. The predicted molar refractivity (Wildman–Crippen MR) is 76.4 cm³/mol. The van der Waals surface area contributed by atoms with E-state index in [9.17, 15) is 8.42 Å². The van der Waals surface area contributed by atoms with Crippen molar-refractivity contribution in [3.05, 3.63) is 22.7 Å². The Morgan fingerprint density at radius 3 is 2.32 bits per heavy atom. The van der Waals surface area contributed by atoms with Gasteiger partial charge in [0, 0.05) is 24.4 Å². The van der Waals surface area contributed by atoms with E-state index in [4.69, 9.17) is 14.6 Å². The first kappa shape index (κ1) is 16.4. The summed E-state index contributed by atoms with van der Waals surface area (Å²) in [5, 5.41) is 8.22. The van der Waals surface area contributed by atoms with Crippen LogP contribution in [0.2, 0.25) is 0 Å². The topological polar surface area (TPSA) is 90.7 Å². The summed E-state index contributed by atoms with van der Waals surface area (Å²) >= 11 is 3.30. The van der Waals surface area contributed by atoms with E-state index in [1.54, 1.807) is 20.3 Å². The lowest BCUT2D eigenvalue weighted by atomic mass is 10.2. The minimum Gasteiger partial charge on any atom is -0.377 e. The molecule has 0 aromatic heterocycles. The zero-order chi connectivity index (χ0) is 14.6. The van der Waals surface area contributed by atoms with Crippen molar-refractivity contribution in [2.45, 2.75) is 24.2 Å². The Bertz CT molecular complexity index is 531. The molecule has 1 unspecified atom stereocenters. The molecule has 0 fully saturated rings. The second kappa shape index (κ2) is 6.67. The van der Waals surface area contributed by atoms with Crippen LogP contribution in [0.5, 0.6) is 0 Å². The zero-order valence-electron chi connectivity index (χ0n) is 10.9. The summed E-state index contributed by atoms with van der Waals surface area (Å²) in [6, 6.07) is 4.39. The third kappa shape index (κ3) is 4.43. The molecule has 19 heavy (non-hydrogen) atoms. The van der Waals surface area contributed by atoms with Crippen LogP contribution in [0.1, 0.15) is 6.92 Å². The molecule has 0 aliphatic carbocycles. The lowest BCUT2D eigenvalue weighted by molar-refractivity contribution is -0.109. The molecule has 0 heterocycles. The van der Waals surface area contributed by atoms with Crippen LogP contribution >= 0.6 is 15.9 Å². The van der Waals surface area contributed by atoms with Gasteiger partial charge in [-0.3, -0.25) is 0 Å². The van der Waals surface area contributed by atoms with E-state index in [1.165, 1.54) is 12.1 Å². The van der Waals surface area contributed by atoms with Gasteiger partial charge in [-0.1, -0.05) is 0 Å². The predicted octanol–water partition coefficient (Wildman–Crippen LogP) is 1.52. The van der Waals surface area contributed by atoms with Crippen molar-refractivity contribution in [3.63, 3.8) is 0 Å². The molecule has 0 radical (unpaired) electrons. The first-order valence-corrected chi connectivity index (χ1v) is 7.78. The Balaban J connectivity index is 2.92. The molecular formula is C11H17BrN2O4S. The van der Waals surface area contributed by atoms with Crippen LogP contribution in [0.15, 0.2) is 27.6 Å². The summed E-state index contributed by atoms with van der Waals surface area (Å²) in [7, 11) is -0.609. The molecule has 0 aliphatic rings. The van der Waals surface area contributed by atoms with E-state index < -0.39 is 16.3 Å². The lowest BCUT2D eigenvalue weighted by Crippen LogP contribution is -2.33. The van der Waals surface area contributed by atoms with Gasteiger partial charge in [-0.15, -0.1) is 0 Å². The molecule has 8 heteroatoms. The quantitative estimate of drug-likeness (QED) is 0.757. The summed E-state index contributed by atoms with van der Waals surface area (Å²) < 4.78 is 33.3. The Morgan fingerprint density at radius 1 is 1.32 bits per heavy atom. The second-order valence-electron chi connectivity index (χ2n) is 3.96. The molecule has 3 N–H and O–H groups in total. The van der Waals surface area contributed by atoms with Gasteiger partial charge in [0.1, 0.15) is 0 Å². The first-order chi connectivity index (χ1) is 8.79. The number of anilines is 1. The molecule has 1 rings (SSSR count). The number of nitrogens with one attached hydrogen (secondary N) is 1. The molecule has 0 aliphatic heterocycles. The summed E-state index contributed by atoms with van der Waals surface area (Å²) in [5.74, 6) is 0. The standard InChI is InChI=1S/C11H17BrN2O4S/c1-7(11(17-2)18-3)14-10-5-4-8(6-9(10)12)19(13,15)16/h4-7,11,14H,1-3H3,(H2,13,15,16). The normalized spacial score (nSPS) is 13.6. The summed E-state index contributed by atoms with van der Waals surface area (Å²) in [6.45, 7) is 1.89. The molecule has 1 aromatic rings. The minimum atomic E-state index is -3.70. The van der Waals surface area contributed by atoms with Gasteiger partial charge in [-0.2, -0.15) is 0 Å². The molecule has 0 amide bonds. The number of hydrogen-bond donors (Lipinski definition) is 2. The van der Waals surface area contributed by atoms with Crippen molar-refractivity contribution in [2.24, 2.45) is 5.14 Å². The van der Waals surface area contributed by atoms with Gasteiger partial charge in [0.2, 0.25) is 10.0 Å². The van der Waals surface area contributed by atoms with Crippen LogP contribution in [0.25, 0.3) is 0 Å². The van der Waals surface area contributed by atoms with E-state index in [0.29, 0.717) is 4.47 Å². The average Bonchev–Trinajstić information content (AvgIpc) is 2.32. The molecule has 1 aromatic carbocycles. The van der Waals surface area contributed by atoms with Crippen molar-refractivity contribution >= 4 is 31.6 Å². The zero-order valence-corrected chi connectivity index (χ0v) is 13.3. The molecule has 6 nitrogen and oxygen atoms in total. The highest BCUT2D eigenvalue weighted by molar-refractivity contribution is 9.10. The Morgan fingerprint density at radius 2 is 1.89 bits per heavy atom. The fourth-order valence-corrected chi connectivity index (χ4v) is 2.79. The highest BCUT2D eigenvalue weighted by atomic mass is 79.9. The highest BCUT2D eigenvalue weighted by Gasteiger charge is 2.17. The van der Waals surface area contributed by atoms with Gasteiger partial charge in [0.15, 0.2) is 6.29 Å². The van der Waals surface area contributed by atoms with Crippen molar-refractivity contribution in [1.82, 2.24) is 0 Å². The van der Waals surface area contributed by atoms with Gasteiger partial charge >= 0.3 is 0 Å². The first-order valence-electron chi connectivity index (χ1n) is 5.44. The summed E-state index contributed by atoms with van der Waals surface area (Å²) in [4.78, 5) is 0.0487. The molecule has 0 saturated heterocycles. The number of primary sulfonamides is 1. The third-order valence-corrected chi connectivity index (χ3v) is 4.09. The maximum Gasteiger partial charge on any atom is 0.238 e. The van der Waals surface area contributed by atoms with Crippen LogP contribution in [0, 0.1) is 0 Å². The fourth-order valence-electron chi connectivity index (χ4n) is 1.61. The smallest absolute Gasteiger partial charge is 0.238 e. The number of benzene rings is 1. The van der Waals surface area contributed by atoms with E-state index in [0.717, 1.165) is 5.69 Å². The minimum absolute atomic E-state index is 0.0487. The SMILES string of the molecule is COC(OC)C(C)Nc1ccc(S(N)(=O)=O)cc1Br. The summed E-state index contributed by atoms with van der Waals surface area (Å²) in [6.07, 6.45) is -0.412. The molecule has 0 saturated carbocycles. The van der Waals surface area contributed by atoms with Crippen LogP contribution in [0.4, 0.5) is 5.69 Å². The molecular weight excluding hydrogens is 336 g/mol. The van der Waals surface area contributed by atoms with Gasteiger partial charge in [-0.25, -0.2) is 13.6 Å². The van der Waals surface area contributed by atoms with Crippen molar-refractivity contribution < 1.29 is 17.9 Å². The highest BCUT2D eigenvalue weighted by Crippen LogP contribution is 2.26. The average molecular weight is 353 g/mol. The Labute approximate surface area is 121 Å². The Hall–Kier alpha value is -0.670. The van der Waals surface area contributed by atoms with Crippen LogP contribution in [0.3, 0.4) is 0 Å². The fraction of sp³-hybridized carbons (Fsp3) is 0.455. The number of rotatable bonds is 6. The van der Waals surface area contributed by atoms with E-state index in [2.05, 4.69) is 21.2 Å². The number of ether oxygens (including phenoxy) is 2. The molecule has 0 bridgehead atoms. The van der Waals surface area contributed by atoms with Crippen LogP contribution in [-0.4, -0.2) is 35.0 Å². The molecule has 0 spiro atoms. The number of sulfonamides is 1. The molecule has 1 atom stereocenters. The largest absolute Gasteiger partial charge is 0.377 e. The van der Waals surface area contributed by atoms with Gasteiger partial charge in [0.25, 0.3) is 0 Å². The van der Waals surface area contributed by atoms with Crippen LogP contribution < -0.4 is 10.5 Å².